The van der Waals surface area contributed by atoms with E-state index in [0.717, 1.165) is 22.5 Å². The molecule has 0 aliphatic heterocycles. The monoisotopic (exact) mass is 288 g/mol. The van der Waals surface area contributed by atoms with Gasteiger partial charge in [0.1, 0.15) is 11.4 Å². The van der Waals surface area contributed by atoms with Crippen LogP contribution in [0.4, 0.5) is 0 Å². The molecule has 0 aliphatic rings. The minimum absolute atomic E-state index is 0.0481. The molecule has 0 amide bonds. The molecule has 102 valence electrons. The van der Waals surface area contributed by atoms with Crippen LogP contribution in [0.3, 0.4) is 0 Å². The van der Waals surface area contributed by atoms with E-state index in [1.807, 2.05) is 41.1 Å². The Morgan fingerprint density at radius 2 is 2.20 bits per heavy atom. The molecular weight excluding hydrogens is 276 g/mol. The van der Waals surface area contributed by atoms with E-state index in [1.165, 1.54) is 0 Å². The van der Waals surface area contributed by atoms with Crippen LogP contribution >= 0.6 is 11.6 Å². The molecule has 0 bridgehead atoms. The maximum absolute atomic E-state index is 9.36. The van der Waals surface area contributed by atoms with E-state index in [9.17, 15) is 5.11 Å². The Morgan fingerprint density at radius 3 is 2.95 bits per heavy atom. The molecule has 5 heteroatoms. The summed E-state index contributed by atoms with van der Waals surface area (Å²) in [5.74, 6) is 0.711. The number of hydrogen-bond donors (Lipinski definition) is 1. The fourth-order valence-corrected chi connectivity index (χ4v) is 2.38. The third-order valence-corrected chi connectivity index (χ3v) is 3.41. The van der Waals surface area contributed by atoms with Crippen LogP contribution in [-0.4, -0.2) is 21.6 Å². The predicted octanol–water partition coefficient (Wildman–Crippen LogP) is 3.16. The van der Waals surface area contributed by atoms with Crippen molar-refractivity contribution in [1.82, 2.24) is 9.38 Å². The first-order valence-electron chi connectivity index (χ1n) is 6.14. The van der Waals surface area contributed by atoms with Crippen LogP contribution in [0.15, 0.2) is 42.7 Å². The number of nitrogens with zero attached hydrogens (tertiary/aromatic N) is 2. The van der Waals surface area contributed by atoms with Crippen molar-refractivity contribution in [2.45, 2.75) is 6.61 Å². The number of hydrogen-bond acceptors (Lipinski definition) is 3. The fraction of sp³-hybridized carbons (Fsp3) is 0.133. The van der Waals surface area contributed by atoms with Crippen LogP contribution in [0.5, 0.6) is 5.75 Å². The molecule has 1 N–H and O–H groups in total. The molecule has 0 saturated heterocycles. The van der Waals surface area contributed by atoms with Crippen LogP contribution in [-0.2, 0) is 6.61 Å². The second-order valence-electron chi connectivity index (χ2n) is 4.39. The summed E-state index contributed by atoms with van der Waals surface area (Å²) in [7, 11) is 1.61. The van der Waals surface area contributed by atoms with Gasteiger partial charge in [-0.3, -0.25) is 0 Å². The number of benzene rings is 1. The second-order valence-corrected chi connectivity index (χ2v) is 4.83. The number of pyridine rings is 1. The number of halogens is 1. The number of ether oxygens (including phenoxy) is 1. The van der Waals surface area contributed by atoms with Gasteiger partial charge in [-0.1, -0.05) is 17.7 Å². The third-order valence-electron chi connectivity index (χ3n) is 3.17. The summed E-state index contributed by atoms with van der Waals surface area (Å²) in [5, 5.41) is 9.99. The van der Waals surface area contributed by atoms with Gasteiger partial charge in [0.15, 0.2) is 0 Å². The maximum Gasteiger partial charge on any atom is 0.142 e. The molecular formula is C15H13ClN2O2. The van der Waals surface area contributed by atoms with Crippen molar-refractivity contribution in [3.63, 3.8) is 0 Å². The predicted molar refractivity (Wildman–Crippen MR) is 78.1 cm³/mol. The van der Waals surface area contributed by atoms with Crippen LogP contribution in [0, 0.1) is 0 Å². The summed E-state index contributed by atoms with van der Waals surface area (Å²) >= 11 is 6.05. The summed E-state index contributed by atoms with van der Waals surface area (Å²) in [5.41, 5.74) is 3.09. The van der Waals surface area contributed by atoms with E-state index in [4.69, 9.17) is 16.3 Å². The smallest absolute Gasteiger partial charge is 0.142 e. The first kappa shape index (κ1) is 13.0. The van der Waals surface area contributed by atoms with Crippen molar-refractivity contribution in [2.24, 2.45) is 0 Å². The lowest BCUT2D eigenvalue weighted by Crippen LogP contribution is -1.90. The molecule has 0 saturated carbocycles. The molecule has 0 radical (unpaired) electrons. The van der Waals surface area contributed by atoms with E-state index in [1.54, 1.807) is 13.2 Å². The van der Waals surface area contributed by atoms with Crippen molar-refractivity contribution >= 4 is 17.2 Å². The van der Waals surface area contributed by atoms with Crippen molar-refractivity contribution in [3.05, 3.63) is 53.3 Å². The number of rotatable bonds is 3. The summed E-state index contributed by atoms with van der Waals surface area (Å²) < 4.78 is 7.23. The van der Waals surface area contributed by atoms with E-state index < -0.39 is 0 Å². The van der Waals surface area contributed by atoms with Crippen molar-refractivity contribution in [3.8, 4) is 17.0 Å². The Balaban J connectivity index is 2.22. The molecule has 2 aromatic heterocycles. The number of fused-ring (bicyclic) bond motifs is 1. The van der Waals surface area contributed by atoms with Gasteiger partial charge in [0, 0.05) is 28.5 Å². The van der Waals surface area contributed by atoms with Crippen LogP contribution in [0.2, 0.25) is 5.02 Å². The highest BCUT2D eigenvalue weighted by molar-refractivity contribution is 6.30. The van der Waals surface area contributed by atoms with E-state index in [-0.39, 0.29) is 6.61 Å². The Labute approximate surface area is 121 Å². The highest BCUT2D eigenvalue weighted by atomic mass is 35.5. The Hall–Kier alpha value is -2.04. The lowest BCUT2D eigenvalue weighted by molar-refractivity contribution is 0.282. The molecule has 2 heterocycles. The van der Waals surface area contributed by atoms with Gasteiger partial charge in [0.2, 0.25) is 0 Å². The van der Waals surface area contributed by atoms with Crippen molar-refractivity contribution < 1.29 is 9.84 Å². The molecule has 0 fully saturated rings. The molecule has 0 spiro atoms. The van der Waals surface area contributed by atoms with Crippen molar-refractivity contribution in [1.29, 1.82) is 0 Å². The summed E-state index contributed by atoms with van der Waals surface area (Å²) in [6.45, 7) is -0.0481. The molecule has 0 aliphatic carbocycles. The van der Waals surface area contributed by atoms with Crippen LogP contribution in [0.25, 0.3) is 16.9 Å². The SMILES string of the molecule is COc1ccc(Cl)cc1-c1cn2cccc(CO)c2n1. The van der Waals surface area contributed by atoms with Gasteiger partial charge in [-0.2, -0.15) is 0 Å². The molecule has 3 rings (SSSR count). The number of aliphatic hydroxyl groups is 1. The molecule has 0 unspecified atom stereocenters. The van der Waals surface area contributed by atoms with Crippen molar-refractivity contribution in [2.75, 3.05) is 7.11 Å². The fourth-order valence-electron chi connectivity index (χ4n) is 2.20. The number of aliphatic hydroxyl groups excluding tert-OH is 1. The highest BCUT2D eigenvalue weighted by Gasteiger charge is 2.12. The number of aromatic nitrogens is 2. The van der Waals surface area contributed by atoms with Gasteiger partial charge < -0.3 is 14.2 Å². The van der Waals surface area contributed by atoms with Gasteiger partial charge in [-0.25, -0.2) is 4.98 Å². The van der Waals surface area contributed by atoms with E-state index >= 15 is 0 Å². The average molecular weight is 289 g/mol. The van der Waals surface area contributed by atoms with Crippen LogP contribution < -0.4 is 4.74 Å². The Kier molecular flexibility index (Phi) is 3.34. The molecule has 3 aromatic rings. The van der Waals surface area contributed by atoms with E-state index in [2.05, 4.69) is 4.98 Å². The van der Waals surface area contributed by atoms with Gasteiger partial charge in [-0.15, -0.1) is 0 Å². The average Bonchev–Trinajstić information content (AvgIpc) is 2.90. The van der Waals surface area contributed by atoms with Gasteiger partial charge in [0.25, 0.3) is 0 Å². The zero-order valence-electron chi connectivity index (χ0n) is 10.9. The standard InChI is InChI=1S/C15H13ClN2O2/c1-20-14-5-4-11(16)7-12(14)13-8-18-6-2-3-10(9-19)15(18)17-13/h2-8,19H,9H2,1H3. The summed E-state index contributed by atoms with van der Waals surface area (Å²) in [6.07, 6.45) is 3.78. The second kappa shape index (κ2) is 5.15. The summed E-state index contributed by atoms with van der Waals surface area (Å²) in [6, 6.07) is 9.13. The molecule has 1 aromatic carbocycles. The molecule has 0 atom stereocenters. The first-order chi connectivity index (χ1) is 9.72. The first-order valence-corrected chi connectivity index (χ1v) is 6.52. The van der Waals surface area contributed by atoms with Gasteiger partial charge >= 0.3 is 0 Å². The van der Waals surface area contributed by atoms with Gasteiger partial charge in [0.05, 0.1) is 19.4 Å². The quantitative estimate of drug-likeness (QED) is 0.805. The third kappa shape index (κ3) is 2.13. The van der Waals surface area contributed by atoms with Crippen LogP contribution in [0.1, 0.15) is 5.56 Å². The summed E-state index contributed by atoms with van der Waals surface area (Å²) in [4.78, 5) is 4.57. The lowest BCUT2D eigenvalue weighted by atomic mass is 10.1. The van der Waals surface area contributed by atoms with Gasteiger partial charge in [-0.05, 0) is 24.3 Å². The zero-order valence-corrected chi connectivity index (χ0v) is 11.6. The number of imidazole rings is 1. The minimum atomic E-state index is -0.0481. The van der Waals surface area contributed by atoms with E-state index in [0.29, 0.717) is 10.8 Å². The zero-order chi connectivity index (χ0) is 14.1. The lowest BCUT2D eigenvalue weighted by Gasteiger charge is -2.05. The Bertz CT molecular complexity index is 768. The largest absolute Gasteiger partial charge is 0.496 e. The minimum Gasteiger partial charge on any atom is -0.496 e. The topological polar surface area (TPSA) is 46.8 Å². The maximum atomic E-state index is 9.36. The molecule has 4 nitrogen and oxygen atoms in total. The highest BCUT2D eigenvalue weighted by Crippen LogP contribution is 2.32. The normalized spacial score (nSPS) is 10.9. The number of methoxy groups -OCH3 is 1. The molecule has 20 heavy (non-hydrogen) atoms. The Morgan fingerprint density at radius 1 is 1.35 bits per heavy atom.